The van der Waals surface area contributed by atoms with Gasteiger partial charge in [-0.3, -0.25) is 0 Å². The molecule has 0 saturated carbocycles. The molecule has 0 radical (unpaired) electrons. The van der Waals surface area contributed by atoms with E-state index in [0.29, 0.717) is 5.56 Å². The molecule has 0 heterocycles. The van der Waals surface area contributed by atoms with E-state index in [4.69, 9.17) is 11.6 Å². The van der Waals surface area contributed by atoms with Crippen molar-refractivity contribution < 1.29 is 22.3 Å². The fourth-order valence-electron chi connectivity index (χ4n) is 0.892. The zero-order valence-electron chi connectivity index (χ0n) is 6.95. The van der Waals surface area contributed by atoms with E-state index >= 15 is 0 Å². The van der Waals surface area contributed by atoms with E-state index in [1.807, 2.05) is 0 Å². The predicted molar refractivity (Wildman–Crippen MR) is 42.8 cm³/mol. The number of halogens is 5. The molecule has 0 spiro atoms. The molecule has 0 amide bonds. The van der Waals surface area contributed by atoms with Crippen molar-refractivity contribution in [2.24, 2.45) is 0 Å². The second-order valence-electron chi connectivity index (χ2n) is 2.61. The highest BCUT2D eigenvalue weighted by molar-refractivity contribution is 6.30. The van der Waals surface area contributed by atoms with Crippen LogP contribution in [0.4, 0.5) is 17.6 Å². The van der Waals surface area contributed by atoms with Gasteiger partial charge in [-0.25, -0.2) is 4.39 Å². The smallest absolute Gasteiger partial charge is 0.403 e. The van der Waals surface area contributed by atoms with Crippen LogP contribution >= 0.6 is 11.6 Å². The SMILES string of the molecule is Cc1cc(Cl)c(F)c(OC(F)(F)F)c1. The Kier molecular flexibility index (Phi) is 2.89. The van der Waals surface area contributed by atoms with Gasteiger partial charge < -0.3 is 4.74 Å². The third-order valence-electron chi connectivity index (χ3n) is 1.36. The third-order valence-corrected chi connectivity index (χ3v) is 1.64. The first kappa shape index (κ1) is 11.1. The molecule has 1 nitrogen and oxygen atoms in total. The molecule has 0 aliphatic heterocycles. The van der Waals surface area contributed by atoms with Gasteiger partial charge in [-0.05, 0) is 24.6 Å². The molecule has 1 aromatic carbocycles. The zero-order valence-corrected chi connectivity index (χ0v) is 7.71. The van der Waals surface area contributed by atoms with Crippen LogP contribution in [0.3, 0.4) is 0 Å². The molecule has 1 rings (SSSR count). The summed E-state index contributed by atoms with van der Waals surface area (Å²) in [6, 6.07) is 2.13. The number of hydrogen-bond acceptors (Lipinski definition) is 1. The second kappa shape index (κ2) is 3.65. The molecule has 0 N–H and O–H groups in total. The van der Waals surface area contributed by atoms with Gasteiger partial charge in [0.05, 0.1) is 5.02 Å². The number of rotatable bonds is 1. The van der Waals surface area contributed by atoms with Crippen molar-refractivity contribution in [2.75, 3.05) is 0 Å². The van der Waals surface area contributed by atoms with Crippen LogP contribution < -0.4 is 4.74 Å². The Hall–Kier alpha value is -0.970. The van der Waals surface area contributed by atoms with Crippen LogP contribution in [0.15, 0.2) is 12.1 Å². The Bertz CT molecular complexity index is 348. The van der Waals surface area contributed by atoms with E-state index in [0.717, 1.165) is 6.07 Å². The predicted octanol–water partition coefficient (Wildman–Crippen LogP) is 3.69. The number of aryl methyl sites for hydroxylation is 1. The van der Waals surface area contributed by atoms with Crippen LogP contribution in [0, 0.1) is 12.7 Å². The van der Waals surface area contributed by atoms with Gasteiger partial charge in [0.15, 0.2) is 11.6 Å². The van der Waals surface area contributed by atoms with Gasteiger partial charge in [0.2, 0.25) is 0 Å². The summed E-state index contributed by atoms with van der Waals surface area (Å²) < 4.78 is 51.6. The lowest BCUT2D eigenvalue weighted by Crippen LogP contribution is -2.18. The highest BCUT2D eigenvalue weighted by atomic mass is 35.5. The van der Waals surface area contributed by atoms with Crippen LogP contribution in [0.2, 0.25) is 5.02 Å². The van der Waals surface area contributed by atoms with Gasteiger partial charge in [0, 0.05) is 0 Å². The van der Waals surface area contributed by atoms with Gasteiger partial charge in [-0.2, -0.15) is 0 Å². The molecular weight excluding hydrogens is 224 g/mol. The maximum absolute atomic E-state index is 13.0. The van der Waals surface area contributed by atoms with Crippen LogP contribution in [-0.4, -0.2) is 6.36 Å². The van der Waals surface area contributed by atoms with Crippen molar-refractivity contribution in [2.45, 2.75) is 13.3 Å². The monoisotopic (exact) mass is 228 g/mol. The third kappa shape index (κ3) is 2.77. The fourth-order valence-corrected chi connectivity index (χ4v) is 1.16. The highest BCUT2D eigenvalue weighted by Gasteiger charge is 2.32. The molecule has 78 valence electrons. The lowest BCUT2D eigenvalue weighted by molar-refractivity contribution is -0.275. The van der Waals surface area contributed by atoms with E-state index in [2.05, 4.69) is 4.74 Å². The molecular formula is C8H5ClF4O. The average molecular weight is 229 g/mol. The fraction of sp³-hybridized carbons (Fsp3) is 0.250. The second-order valence-corrected chi connectivity index (χ2v) is 3.01. The molecule has 0 fully saturated rings. The van der Waals surface area contributed by atoms with Crippen molar-refractivity contribution in [1.82, 2.24) is 0 Å². The van der Waals surface area contributed by atoms with E-state index in [1.165, 1.54) is 13.0 Å². The molecule has 0 saturated heterocycles. The first-order valence-electron chi connectivity index (χ1n) is 3.51. The molecule has 14 heavy (non-hydrogen) atoms. The van der Waals surface area contributed by atoms with E-state index in [-0.39, 0.29) is 0 Å². The molecule has 0 aromatic heterocycles. The summed E-state index contributed by atoms with van der Waals surface area (Å²) in [4.78, 5) is 0. The Morgan fingerprint density at radius 1 is 1.29 bits per heavy atom. The summed E-state index contributed by atoms with van der Waals surface area (Å²) in [7, 11) is 0. The van der Waals surface area contributed by atoms with E-state index < -0.39 is 23.0 Å². The minimum atomic E-state index is -4.92. The summed E-state index contributed by atoms with van der Waals surface area (Å²) in [5.41, 5.74) is 0.385. The number of ether oxygens (including phenoxy) is 1. The van der Waals surface area contributed by atoms with Crippen molar-refractivity contribution >= 4 is 11.6 Å². The molecule has 0 aliphatic rings. The van der Waals surface area contributed by atoms with Gasteiger partial charge in [0.25, 0.3) is 0 Å². The summed E-state index contributed by atoms with van der Waals surface area (Å²) >= 11 is 5.33. The van der Waals surface area contributed by atoms with Crippen LogP contribution in [-0.2, 0) is 0 Å². The van der Waals surface area contributed by atoms with Gasteiger partial charge in [0.1, 0.15) is 0 Å². The standard InChI is InChI=1S/C8H5ClF4O/c1-4-2-5(9)7(10)6(3-4)14-8(11,12)13/h2-3H,1H3. The first-order chi connectivity index (χ1) is 6.29. The molecule has 0 aliphatic carbocycles. The highest BCUT2D eigenvalue weighted by Crippen LogP contribution is 2.30. The van der Waals surface area contributed by atoms with E-state index in [9.17, 15) is 17.6 Å². The largest absolute Gasteiger partial charge is 0.573 e. The van der Waals surface area contributed by atoms with E-state index in [1.54, 1.807) is 0 Å². The van der Waals surface area contributed by atoms with Gasteiger partial charge in [-0.1, -0.05) is 11.6 Å². The first-order valence-corrected chi connectivity index (χ1v) is 3.89. The topological polar surface area (TPSA) is 9.23 Å². The van der Waals surface area contributed by atoms with Gasteiger partial charge >= 0.3 is 6.36 Å². The minimum absolute atomic E-state index is 0.385. The normalized spacial score (nSPS) is 11.6. The molecule has 0 unspecified atom stereocenters. The number of hydrogen-bond donors (Lipinski definition) is 0. The Balaban J connectivity index is 3.09. The van der Waals surface area contributed by atoms with Crippen molar-refractivity contribution in [3.05, 3.63) is 28.5 Å². The molecule has 1 aromatic rings. The lowest BCUT2D eigenvalue weighted by atomic mass is 10.2. The Morgan fingerprint density at radius 2 is 1.86 bits per heavy atom. The molecule has 0 atom stereocenters. The zero-order chi connectivity index (χ0) is 10.9. The summed E-state index contributed by atoms with van der Waals surface area (Å²) in [5.74, 6) is -2.13. The summed E-state index contributed by atoms with van der Waals surface area (Å²) in [5, 5.41) is -0.399. The van der Waals surface area contributed by atoms with Crippen molar-refractivity contribution in [3.8, 4) is 5.75 Å². The summed E-state index contributed by atoms with van der Waals surface area (Å²) in [6.45, 7) is 1.48. The Labute approximate surface area is 82.2 Å². The molecule has 6 heteroatoms. The Morgan fingerprint density at radius 3 is 2.36 bits per heavy atom. The number of alkyl halides is 3. The maximum Gasteiger partial charge on any atom is 0.573 e. The maximum atomic E-state index is 13.0. The van der Waals surface area contributed by atoms with Crippen LogP contribution in [0.1, 0.15) is 5.56 Å². The van der Waals surface area contributed by atoms with Crippen LogP contribution in [0.25, 0.3) is 0 Å². The lowest BCUT2D eigenvalue weighted by Gasteiger charge is -2.10. The average Bonchev–Trinajstić information content (AvgIpc) is 1.96. The number of benzene rings is 1. The van der Waals surface area contributed by atoms with Gasteiger partial charge in [-0.15, -0.1) is 13.2 Å². The van der Waals surface area contributed by atoms with Crippen molar-refractivity contribution in [3.63, 3.8) is 0 Å². The molecule has 0 bridgehead atoms. The van der Waals surface area contributed by atoms with Crippen molar-refractivity contribution in [1.29, 1.82) is 0 Å². The van der Waals surface area contributed by atoms with Crippen LogP contribution in [0.5, 0.6) is 5.75 Å². The quantitative estimate of drug-likeness (QED) is 0.666. The minimum Gasteiger partial charge on any atom is -0.403 e. The summed E-state index contributed by atoms with van der Waals surface area (Å²) in [6.07, 6.45) is -4.92.